The number of thiazole rings is 1. The standard InChI is InChI=1S/C23H21N3O4S2/c1-14-9-10-15(2)20(11-14)32(28,29)26-17-12-18(30-3)21-19(13-17)31-23(24-21)25-22(27)16-7-5-4-6-8-16/h4-13,26H,1-3H3,(H,24,25,27). The van der Waals surface area contributed by atoms with E-state index in [9.17, 15) is 13.2 Å². The number of aryl methyl sites for hydroxylation is 2. The number of aromatic nitrogens is 1. The number of amides is 1. The number of rotatable bonds is 6. The Morgan fingerprint density at radius 2 is 1.78 bits per heavy atom. The number of carbonyl (C=O) groups is 1. The van der Waals surface area contributed by atoms with E-state index < -0.39 is 10.0 Å². The number of carbonyl (C=O) groups excluding carboxylic acids is 1. The Morgan fingerprint density at radius 1 is 1.03 bits per heavy atom. The minimum absolute atomic E-state index is 0.219. The van der Waals surface area contributed by atoms with Gasteiger partial charge in [-0.2, -0.15) is 0 Å². The third-order valence-electron chi connectivity index (χ3n) is 4.82. The molecule has 1 aromatic heterocycles. The summed E-state index contributed by atoms with van der Waals surface area (Å²) in [6.07, 6.45) is 0. The van der Waals surface area contributed by atoms with Crippen LogP contribution in [0.2, 0.25) is 0 Å². The molecule has 1 amide bonds. The Hall–Kier alpha value is -3.43. The first-order valence-corrected chi connectivity index (χ1v) is 12.0. The third-order valence-corrected chi connectivity index (χ3v) is 7.26. The molecule has 164 valence electrons. The van der Waals surface area contributed by atoms with Gasteiger partial charge in [-0.15, -0.1) is 0 Å². The van der Waals surface area contributed by atoms with Crippen molar-refractivity contribution in [3.05, 3.63) is 77.4 Å². The average molecular weight is 468 g/mol. The van der Waals surface area contributed by atoms with Gasteiger partial charge in [0.05, 0.1) is 22.4 Å². The minimum atomic E-state index is -3.80. The van der Waals surface area contributed by atoms with E-state index in [0.29, 0.717) is 37.9 Å². The summed E-state index contributed by atoms with van der Waals surface area (Å²) in [5.74, 6) is 0.122. The average Bonchev–Trinajstić information content (AvgIpc) is 3.17. The second kappa shape index (κ2) is 8.60. The van der Waals surface area contributed by atoms with E-state index in [-0.39, 0.29) is 10.8 Å². The van der Waals surface area contributed by atoms with E-state index in [2.05, 4.69) is 15.0 Å². The molecule has 0 saturated heterocycles. The summed E-state index contributed by atoms with van der Waals surface area (Å²) >= 11 is 1.23. The van der Waals surface area contributed by atoms with Crippen molar-refractivity contribution in [2.45, 2.75) is 18.7 Å². The molecule has 0 bridgehead atoms. The molecule has 3 aromatic carbocycles. The van der Waals surface area contributed by atoms with Gasteiger partial charge in [0.25, 0.3) is 15.9 Å². The van der Waals surface area contributed by atoms with Crippen LogP contribution >= 0.6 is 11.3 Å². The first-order chi connectivity index (χ1) is 15.3. The molecule has 4 aromatic rings. The lowest BCUT2D eigenvalue weighted by Crippen LogP contribution is -2.14. The number of anilines is 2. The van der Waals surface area contributed by atoms with Crippen LogP contribution in [0, 0.1) is 13.8 Å². The van der Waals surface area contributed by atoms with E-state index in [1.54, 1.807) is 55.5 Å². The Morgan fingerprint density at radius 3 is 2.50 bits per heavy atom. The van der Waals surface area contributed by atoms with Gasteiger partial charge in [-0.25, -0.2) is 13.4 Å². The summed E-state index contributed by atoms with van der Waals surface area (Å²) in [5, 5.41) is 3.17. The Kier molecular flexibility index (Phi) is 5.86. The first-order valence-electron chi connectivity index (χ1n) is 9.72. The summed E-state index contributed by atoms with van der Waals surface area (Å²) in [6, 6.07) is 17.4. The summed E-state index contributed by atoms with van der Waals surface area (Å²) < 4.78 is 34.7. The van der Waals surface area contributed by atoms with Gasteiger partial charge in [0, 0.05) is 11.6 Å². The fraction of sp³-hybridized carbons (Fsp3) is 0.130. The number of ether oxygens (including phenoxy) is 1. The Labute approximate surface area is 190 Å². The van der Waals surface area contributed by atoms with Crippen molar-refractivity contribution in [3.8, 4) is 5.75 Å². The maximum absolute atomic E-state index is 13.0. The molecular formula is C23H21N3O4S2. The van der Waals surface area contributed by atoms with Crippen LogP contribution in [0.25, 0.3) is 10.2 Å². The topological polar surface area (TPSA) is 97.4 Å². The third kappa shape index (κ3) is 4.44. The molecule has 0 atom stereocenters. The van der Waals surface area contributed by atoms with Crippen LogP contribution in [0.3, 0.4) is 0 Å². The maximum atomic E-state index is 13.0. The molecule has 0 aliphatic heterocycles. The molecule has 7 nitrogen and oxygen atoms in total. The minimum Gasteiger partial charge on any atom is -0.494 e. The summed E-state index contributed by atoms with van der Waals surface area (Å²) in [5.41, 5.74) is 2.90. The molecule has 0 fully saturated rings. The molecule has 0 radical (unpaired) electrons. The molecule has 0 saturated carbocycles. The summed E-state index contributed by atoms with van der Waals surface area (Å²) in [4.78, 5) is 17.1. The van der Waals surface area contributed by atoms with Gasteiger partial charge in [-0.1, -0.05) is 41.7 Å². The molecule has 9 heteroatoms. The molecule has 32 heavy (non-hydrogen) atoms. The van der Waals surface area contributed by atoms with Crippen LogP contribution < -0.4 is 14.8 Å². The highest BCUT2D eigenvalue weighted by atomic mass is 32.2. The number of nitrogens with one attached hydrogen (secondary N) is 2. The predicted octanol–water partition coefficient (Wildman–Crippen LogP) is 4.97. The number of benzene rings is 3. The van der Waals surface area contributed by atoms with Crippen LogP contribution in [-0.2, 0) is 10.0 Å². The largest absolute Gasteiger partial charge is 0.494 e. The van der Waals surface area contributed by atoms with E-state index in [4.69, 9.17) is 4.74 Å². The van der Waals surface area contributed by atoms with Crippen LogP contribution in [0.15, 0.2) is 65.6 Å². The van der Waals surface area contributed by atoms with Crippen LogP contribution in [0.4, 0.5) is 10.8 Å². The van der Waals surface area contributed by atoms with E-state index >= 15 is 0 Å². The molecule has 0 spiro atoms. The highest BCUT2D eigenvalue weighted by Gasteiger charge is 2.20. The lowest BCUT2D eigenvalue weighted by Gasteiger charge is -2.12. The predicted molar refractivity (Wildman–Crippen MR) is 127 cm³/mol. The van der Waals surface area contributed by atoms with Crippen molar-refractivity contribution in [1.29, 1.82) is 0 Å². The lowest BCUT2D eigenvalue weighted by atomic mass is 10.2. The van der Waals surface area contributed by atoms with E-state index in [0.717, 1.165) is 5.56 Å². The van der Waals surface area contributed by atoms with Gasteiger partial charge in [-0.05, 0) is 49.2 Å². The van der Waals surface area contributed by atoms with Crippen LogP contribution in [-0.4, -0.2) is 26.4 Å². The van der Waals surface area contributed by atoms with E-state index in [1.807, 2.05) is 19.1 Å². The zero-order valence-electron chi connectivity index (χ0n) is 17.7. The van der Waals surface area contributed by atoms with E-state index in [1.165, 1.54) is 18.4 Å². The van der Waals surface area contributed by atoms with Crippen molar-refractivity contribution < 1.29 is 17.9 Å². The number of nitrogens with zero attached hydrogens (tertiary/aromatic N) is 1. The highest BCUT2D eigenvalue weighted by molar-refractivity contribution is 7.92. The van der Waals surface area contributed by atoms with Crippen LogP contribution in [0.1, 0.15) is 21.5 Å². The van der Waals surface area contributed by atoms with Gasteiger partial charge >= 0.3 is 0 Å². The second-order valence-corrected chi connectivity index (χ2v) is 9.92. The van der Waals surface area contributed by atoms with Crippen molar-refractivity contribution >= 4 is 48.3 Å². The fourth-order valence-corrected chi connectivity index (χ4v) is 5.52. The lowest BCUT2D eigenvalue weighted by molar-refractivity contribution is 0.102. The monoisotopic (exact) mass is 467 g/mol. The van der Waals surface area contributed by atoms with Gasteiger partial charge < -0.3 is 4.74 Å². The Balaban J connectivity index is 1.67. The van der Waals surface area contributed by atoms with Gasteiger partial charge in [-0.3, -0.25) is 14.8 Å². The SMILES string of the molecule is COc1cc(NS(=O)(=O)c2cc(C)ccc2C)cc2sc(NC(=O)c3ccccc3)nc12. The number of sulfonamides is 1. The maximum Gasteiger partial charge on any atom is 0.262 e. The molecule has 0 unspecified atom stereocenters. The fourth-order valence-electron chi connectivity index (χ4n) is 3.23. The number of hydrogen-bond donors (Lipinski definition) is 2. The van der Waals surface area contributed by atoms with Crippen LogP contribution in [0.5, 0.6) is 5.75 Å². The number of hydrogen-bond acceptors (Lipinski definition) is 6. The van der Waals surface area contributed by atoms with Gasteiger partial charge in [0.1, 0.15) is 11.3 Å². The highest BCUT2D eigenvalue weighted by Crippen LogP contribution is 2.36. The number of fused-ring (bicyclic) bond motifs is 1. The smallest absolute Gasteiger partial charge is 0.262 e. The molecule has 0 aliphatic rings. The van der Waals surface area contributed by atoms with Crippen molar-refractivity contribution in [2.75, 3.05) is 17.1 Å². The Bertz CT molecular complexity index is 1410. The quantitative estimate of drug-likeness (QED) is 0.417. The molecule has 2 N–H and O–H groups in total. The summed E-state index contributed by atoms with van der Waals surface area (Å²) in [7, 11) is -2.31. The zero-order chi connectivity index (χ0) is 22.9. The van der Waals surface area contributed by atoms with Crippen molar-refractivity contribution in [3.63, 3.8) is 0 Å². The molecule has 1 heterocycles. The van der Waals surface area contributed by atoms with Crippen molar-refractivity contribution in [2.24, 2.45) is 0 Å². The molecule has 4 rings (SSSR count). The number of methoxy groups -OCH3 is 1. The summed E-state index contributed by atoms with van der Waals surface area (Å²) in [6.45, 7) is 3.60. The first kappa shape index (κ1) is 21.8. The van der Waals surface area contributed by atoms with Crippen molar-refractivity contribution in [1.82, 2.24) is 4.98 Å². The van der Waals surface area contributed by atoms with Gasteiger partial charge in [0.15, 0.2) is 5.13 Å². The second-order valence-electron chi connectivity index (χ2n) is 7.24. The molecule has 0 aliphatic carbocycles. The normalized spacial score (nSPS) is 11.3. The zero-order valence-corrected chi connectivity index (χ0v) is 19.3. The van der Waals surface area contributed by atoms with Gasteiger partial charge in [0.2, 0.25) is 0 Å². The molecular weight excluding hydrogens is 446 g/mol.